The van der Waals surface area contributed by atoms with Crippen molar-refractivity contribution in [2.45, 2.75) is 46.1 Å². The standard InChI is InChI=1S/C12H18N2O/c1-3-9(2)12(15)10-8-13-11-6-4-5-7-14(10)11/h8-9H,3-7H2,1-2H3. The van der Waals surface area contributed by atoms with E-state index < -0.39 is 0 Å². The zero-order valence-corrected chi connectivity index (χ0v) is 9.49. The molecule has 3 heteroatoms. The van der Waals surface area contributed by atoms with Crippen LogP contribution in [0, 0.1) is 5.92 Å². The van der Waals surface area contributed by atoms with Gasteiger partial charge < -0.3 is 4.57 Å². The molecular formula is C12H18N2O. The molecule has 1 atom stereocenters. The Morgan fingerprint density at radius 3 is 3.13 bits per heavy atom. The number of aryl methyl sites for hydroxylation is 1. The van der Waals surface area contributed by atoms with Crippen molar-refractivity contribution in [3.05, 3.63) is 17.7 Å². The lowest BCUT2D eigenvalue weighted by Gasteiger charge is -2.17. The van der Waals surface area contributed by atoms with Crippen molar-refractivity contribution in [1.82, 2.24) is 9.55 Å². The van der Waals surface area contributed by atoms with Gasteiger partial charge in [-0.2, -0.15) is 0 Å². The Bertz CT molecular complexity index is 368. The van der Waals surface area contributed by atoms with E-state index in [9.17, 15) is 4.79 Å². The van der Waals surface area contributed by atoms with Crippen molar-refractivity contribution in [3.63, 3.8) is 0 Å². The van der Waals surface area contributed by atoms with Crippen molar-refractivity contribution in [2.75, 3.05) is 0 Å². The molecule has 1 aliphatic rings. The van der Waals surface area contributed by atoms with E-state index in [1.165, 1.54) is 12.8 Å². The second kappa shape index (κ2) is 4.17. The van der Waals surface area contributed by atoms with Crippen molar-refractivity contribution in [2.24, 2.45) is 5.92 Å². The van der Waals surface area contributed by atoms with E-state index in [0.29, 0.717) is 0 Å². The molecule has 0 radical (unpaired) electrons. The van der Waals surface area contributed by atoms with Gasteiger partial charge in [-0.25, -0.2) is 4.98 Å². The smallest absolute Gasteiger partial charge is 0.183 e. The van der Waals surface area contributed by atoms with Gasteiger partial charge in [-0.1, -0.05) is 13.8 Å². The van der Waals surface area contributed by atoms with Crippen molar-refractivity contribution in [1.29, 1.82) is 0 Å². The predicted octanol–water partition coefficient (Wildman–Crippen LogP) is 2.45. The van der Waals surface area contributed by atoms with E-state index in [-0.39, 0.29) is 11.7 Å². The molecule has 0 spiro atoms. The van der Waals surface area contributed by atoms with Crippen LogP contribution in [-0.4, -0.2) is 15.3 Å². The van der Waals surface area contributed by atoms with Crippen LogP contribution in [0.4, 0.5) is 0 Å². The number of hydrogen-bond acceptors (Lipinski definition) is 2. The van der Waals surface area contributed by atoms with E-state index in [2.05, 4.69) is 16.5 Å². The van der Waals surface area contributed by atoms with Crippen LogP contribution in [0.1, 0.15) is 49.4 Å². The summed E-state index contributed by atoms with van der Waals surface area (Å²) in [6.45, 7) is 5.01. The number of carbonyl (C=O) groups is 1. The minimum absolute atomic E-state index is 0.118. The second-order valence-corrected chi connectivity index (χ2v) is 4.34. The number of rotatable bonds is 3. The Hall–Kier alpha value is -1.12. The molecule has 0 bridgehead atoms. The summed E-state index contributed by atoms with van der Waals surface area (Å²) >= 11 is 0. The minimum atomic E-state index is 0.118. The highest BCUT2D eigenvalue weighted by Gasteiger charge is 2.21. The monoisotopic (exact) mass is 206 g/mol. The Morgan fingerprint density at radius 2 is 2.40 bits per heavy atom. The van der Waals surface area contributed by atoms with Gasteiger partial charge in [0.25, 0.3) is 0 Å². The number of ketones is 1. The molecule has 0 amide bonds. The molecule has 0 aliphatic carbocycles. The Morgan fingerprint density at radius 1 is 1.60 bits per heavy atom. The quantitative estimate of drug-likeness (QED) is 0.712. The molecule has 1 unspecified atom stereocenters. The lowest BCUT2D eigenvalue weighted by Crippen LogP contribution is -2.19. The molecular weight excluding hydrogens is 188 g/mol. The topological polar surface area (TPSA) is 34.9 Å². The first kappa shape index (κ1) is 10.4. The van der Waals surface area contributed by atoms with E-state index >= 15 is 0 Å². The Kier molecular flexibility index (Phi) is 2.89. The summed E-state index contributed by atoms with van der Waals surface area (Å²) in [5.41, 5.74) is 0.819. The van der Waals surface area contributed by atoms with Gasteiger partial charge in [0, 0.05) is 18.9 Å². The van der Waals surface area contributed by atoms with Gasteiger partial charge in [0.2, 0.25) is 0 Å². The third kappa shape index (κ3) is 1.83. The van der Waals surface area contributed by atoms with Crippen LogP contribution >= 0.6 is 0 Å². The fourth-order valence-electron chi connectivity index (χ4n) is 2.05. The summed E-state index contributed by atoms with van der Waals surface area (Å²) in [5.74, 6) is 1.46. The largest absolute Gasteiger partial charge is 0.326 e. The number of aromatic nitrogens is 2. The first-order valence-electron chi connectivity index (χ1n) is 5.82. The zero-order valence-electron chi connectivity index (χ0n) is 9.49. The van der Waals surface area contributed by atoms with Crippen LogP contribution in [-0.2, 0) is 13.0 Å². The maximum absolute atomic E-state index is 12.0. The number of carbonyl (C=O) groups excluding carboxylic acids is 1. The SMILES string of the molecule is CCC(C)C(=O)c1cnc2n1CCCC2. The van der Waals surface area contributed by atoms with Crippen LogP contribution in [0.15, 0.2) is 6.20 Å². The first-order chi connectivity index (χ1) is 7.24. The first-order valence-corrected chi connectivity index (χ1v) is 5.82. The maximum atomic E-state index is 12.0. The molecule has 2 heterocycles. The second-order valence-electron chi connectivity index (χ2n) is 4.34. The number of fused-ring (bicyclic) bond motifs is 1. The van der Waals surface area contributed by atoms with Gasteiger partial charge in [-0.15, -0.1) is 0 Å². The molecule has 82 valence electrons. The van der Waals surface area contributed by atoms with E-state index in [1.54, 1.807) is 6.20 Å². The summed E-state index contributed by atoms with van der Waals surface area (Å²) in [6, 6.07) is 0. The lowest BCUT2D eigenvalue weighted by atomic mass is 10.0. The van der Waals surface area contributed by atoms with Crippen LogP contribution in [0.2, 0.25) is 0 Å². The summed E-state index contributed by atoms with van der Waals surface area (Å²) in [5, 5.41) is 0. The van der Waals surface area contributed by atoms with Gasteiger partial charge in [0.05, 0.1) is 6.20 Å². The molecule has 1 aromatic rings. The molecule has 0 fully saturated rings. The normalized spacial score (nSPS) is 17.2. The third-order valence-corrected chi connectivity index (χ3v) is 3.28. The van der Waals surface area contributed by atoms with Gasteiger partial charge in [0.15, 0.2) is 5.78 Å². The van der Waals surface area contributed by atoms with Gasteiger partial charge >= 0.3 is 0 Å². The molecule has 2 rings (SSSR count). The van der Waals surface area contributed by atoms with Gasteiger partial charge in [-0.3, -0.25) is 4.79 Å². The Balaban J connectivity index is 2.28. The molecule has 0 saturated carbocycles. The summed E-state index contributed by atoms with van der Waals surface area (Å²) in [6.07, 6.45) is 6.06. The number of hydrogen-bond donors (Lipinski definition) is 0. The fraction of sp³-hybridized carbons (Fsp3) is 0.667. The third-order valence-electron chi connectivity index (χ3n) is 3.28. The summed E-state index contributed by atoms with van der Waals surface area (Å²) in [7, 11) is 0. The van der Waals surface area contributed by atoms with E-state index in [0.717, 1.165) is 30.9 Å². The van der Waals surface area contributed by atoms with Crippen LogP contribution in [0.25, 0.3) is 0 Å². The van der Waals surface area contributed by atoms with Crippen LogP contribution < -0.4 is 0 Å². The van der Waals surface area contributed by atoms with Crippen molar-refractivity contribution in [3.8, 4) is 0 Å². The highest BCUT2D eigenvalue weighted by molar-refractivity contribution is 5.96. The van der Waals surface area contributed by atoms with Crippen LogP contribution in [0.3, 0.4) is 0 Å². The lowest BCUT2D eigenvalue weighted by molar-refractivity contribution is 0.0916. The molecule has 1 aliphatic heterocycles. The highest BCUT2D eigenvalue weighted by atomic mass is 16.1. The fourth-order valence-corrected chi connectivity index (χ4v) is 2.05. The number of imidazole rings is 1. The highest BCUT2D eigenvalue weighted by Crippen LogP contribution is 2.19. The minimum Gasteiger partial charge on any atom is -0.326 e. The van der Waals surface area contributed by atoms with Crippen molar-refractivity contribution >= 4 is 5.78 Å². The Labute approximate surface area is 90.5 Å². The molecule has 0 aromatic carbocycles. The van der Waals surface area contributed by atoms with Gasteiger partial charge in [0.1, 0.15) is 11.5 Å². The molecule has 15 heavy (non-hydrogen) atoms. The zero-order chi connectivity index (χ0) is 10.8. The maximum Gasteiger partial charge on any atom is 0.183 e. The van der Waals surface area contributed by atoms with E-state index in [1.807, 2.05) is 6.92 Å². The number of nitrogens with zero attached hydrogens (tertiary/aromatic N) is 2. The molecule has 1 aromatic heterocycles. The van der Waals surface area contributed by atoms with Gasteiger partial charge in [-0.05, 0) is 19.3 Å². The molecule has 0 saturated heterocycles. The molecule has 3 nitrogen and oxygen atoms in total. The van der Waals surface area contributed by atoms with E-state index in [4.69, 9.17) is 0 Å². The summed E-state index contributed by atoms with van der Waals surface area (Å²) in [4.78, 5) is 16.4. The van der Waals surface area contributed by atoms with Crippen LogP contribution in [0.5, 0.6) is 0 Å². The van der Waals surface area contributed by atoms with Crippen molar-refractivity contribution < 1.29 is 4.79 Å². The summed E-state index contributed by atoms with van der Waals surface area (Å²) < 4.78 is 2.11. The average Bonchev–Trinajstić information content (AvgIpc) is 2.70. The predicted molar refractivity (Wildman–Crippen MR) is 59.0 cm³/mol. The average molecular weight is 206 g/mol. The molecule has 0 N–H and O–H groups in total. The number of Topliss-reactive ketones (excluding diaryl/α,β-unsaturated/α-hetero) is 1.